The summed E-state index contributed by atoms with van der Waals surface area (Å²) in [5, 5.41) is 16.7. The molecule has 2 radical (unpaired) electrons. The maximum Gasteiger partial charge on any atom is -0.0771 e. The summed E-state index contributed by atoms with van der Waals surface area (Å²) in [6.07, 6.45) is 0.757. The summed E-state index contributed by atoms with van der Waals surface area (Å²) >= 11 is -0.826. The molecule has 0 heterocycles. The van der Waals surface area contributed by atoms with Crippen molar-refractivity contribution in [3.05, 3.63) is 96.6 Å². The molecule has 0 fully saturated rings. The van der Waals surface area contributed by atoms with Crippen molar-refractivity contribution in [1.82, 2.24) is 0 Å². The van der Waals surface area contributed by atoms with Gasteiger partial charge < -0.3 is 5.11 Å². The molecule has 0 bridgehead atoms. The molecule has 1 nitrogen and oxygen atoms in total. The van der Waals surface area contributed by atoms with Crippen LogP contribution < -0.4 is 0 Å². The molecule has 0 aromatic heterocycles. The van der Waals surface area contributed by atoms with E-state index >= 15 is 0 Å². The number of benzene rings is 3. The van der Waals surface area contributed by atoms with Gasteiger partial charge in [0.1, 0.15) is 0 Å². The molecule has 0 aliphatic carbocycles. The van der Waals surface area contributed by atoms with E-state index in [4.69, 9.17) is 22.1 Å². The first-order valence-electron chi connectivity index (χ1n) is 10.0. The van der Waals surface area contributed by atoms with Gasteiger partial charge in [-0.25, -0.2) is 0 Å². The van der Waals surface area contributed by atoms with Gasteiger partial charge >= 0.3 is 37.9 Å². The van der Waals surface area contributed by atoms with E-state index in [9.17, 15) is 0 Å². The second-order valence-electron chi connectivity index (χ2n) is 6.81. The molecule has 0 atom stereocenters. The van der Waals surface area contributed by atoms with E-state index in [1.165, 1.54) is 37.9 Å². The van der Waals surface area contributed by atoms with Crippen LogP contribution in [0.1, 0.15) is 5.56 Å². The number of fused-ring (bicyclic) bond motifs is 4. The van der Waals surface area contributed by atoms with Crippen LogP contribution in [0, 0.1) is 0 Å². The molecule has 1 N–H and O–H groups in total. The van der Waals surface area contributed by atoms with Gasteiger partial charge in [0.25, 0.3) is 0 Å². The molecule has 0 saturated heterocycles. The number of hydrogen-bond acceptors (Lipinski definition) is 1. The Labute approximate surface area is 206 Å². The minimum Gasteiger partial charge on any atom is -0.126 e. The number of aliphatic hydroxyl groups excluding tert-OH is 1. The fraction of sp³-hybridized carbons (Fsp3) is 0.154. The van der Waals surface area contributed by atoms with Gasteiger partial charge in [0, 0.05) is 16.1 Å². The van der Waals surface area contributed by atoms with Gasteiger partial charge in [-0.2, -0.15) is 5.56 Å². The predicted molar refractivity (Wildman–Crippen MR) is 137 cm³/mol. The Morgan fingerprint density at radius 3 is 1.68 bits per heavy atom. The van der Waals surface area contributed by atoms with Gasteiger partial charge in [-0.15, -0.1) is 80.8 Å². The molecule has 5 rings (SSSR count). The Bertz CT molecular complexity index is 1110. The van der Waals surface area contributed by atoms with Crippen molar-refractivity contribution >= 4 is 58.9 Å². The van der Waals surface area contributed by atoms with Gasteiger partial charge in [0.2, 0.25) is 0 Å². The summed E-state index contributed by atoms with van der Waals surface area (Å²) < 4.78 is 0. The SMILES string of the molecule is C[Si]C.OCCc1c[cH-]c2ccccc12.[Cl][Zr+2][Cl].c1ccc2c(c1)[cH-]c1ccccc12. The normalized spacial score (nSPS) is 9.71. The number of aliphatic hydroxyl groups is 1. The summed E-state index contributed by atoms with van der Waals surface area (Å²) in [6, 6.07) is 31.7. The first-order valence-corrected chi connectivity index (χ1v) is 18.3. The van der Waals surface area contributed by atoms with Gasteiger partial charge in [-0.3, -0.25) is 0 Å². The molecule has 0 aliphatic heterocycles. The van der Waals surface area contributed by atoms with Crippen molar-refractivity contribution in [2.45, 2.75) is 19.5 Å². The topological polar surface area (TPSA) is 20.2 Å². The van der Waals surface area contributed by atoms with Crippen LogP contribution in [-0.2, 0) is 27.3 Å². The van der Waals surface area contributed by atoms with Gasteiger partial charge in [-0.1, -0.05) is 55.6 Å². The van der Waals surface area contributed by atoms with Crippen molar-refractivity contribution in [2.75, 3.05) is 6.61 Å². The average Bonchev–Trinajstić information content (AvgIpc) is 3.37. The van der Waals surface area contributed by atoms with Crippen LogP contribution in [-0.4, -0.2) is 21.2 Å². The van der Waals surface area contributed by atoms with Gasteiger partial charge in [-0.05, 0) is 6.42 Å². The van der Waals surface area contributed by atoms with E-state index in [-0.39, 0.29) is 6.61 Å². The van der Waals surface area contributed by atoms with E-state index in [2.05, 4.69) is 92.0 Å². The third-order valence-corrected chi connectivity index (χ3v) is 4.67. The molecule has 0 aliphatic rings. The van der Waals surface area contributed by atoms with E-state index in [1.54, 1.807) is 0 Å². The van der Waals surface area contributed by atoms with Crippen molar-refractivity contribution in [1.29, 1.82) is 0 Å². The maximum atomic E-state index is 8.80. The first-order chi connectivity index (χ1) is 15.2. The van der Waals surface area contributed by atoms with Crippen LogP contribution >= 0.6 is 17.0 Å². The zero-order valence-electron chi connectivity index (χ0n) is 17.8. The third-order valence-electron chi connectivity index (χ3n) is 4.67. The largest absolute Gasteiger partial charge is 0.126 e. The van der Waals surface area contributed by atoms with Crippen LogP contribution in [0.3, 0.4) is 0 Å². The van der Waals surface area contributed by atoms with Crippen molar-refractivity contribution in [3.63, 3.8) is 0 Å². The zero-order valence-corrected chi connectivity index (χ0v) is 22.7. The number of halogens is 2. The van der Waals surface area contributed by atoms with E-state index < -0.39 is 20.8 Å². The van der Waals surface area contributed by atoms with E-state index in [0.29, 0.717) is 0 Å². The second-order valence-corrected chi connectivity index (χ2v) is 11.5. The van der Waals surface area contributed by atoms with Crippen molar-refractivity contribution in [3.8, 4) is 0 Å². The Kier molecular flexibility index (Phi) is 12.4. The smallest absolute Gasteiger partial charge is 0.0771 e. The fourth-order valence-electron chi connectivity index (χ4n) is 3.46. The fourth-order valence-corrected chi connectivity index (χ4v) is 3.46. The van der Waals surface area contributed by atoms with Crippen molar-refractivity contribution < 1.29 is 26.0 Å². The Hall–Kier alpha value is -1.22. The summed E-state index contributed by atoms with van der Waals surface area (Å²) in [7, 11) is 11.0. The average molecular weight is 545 g/mol. The number of hydrogen-bond donors (Lipinski definition) is 1. The second kappa shape index (κ2) is 14.8. The molecule has 5 aromatic carbocycles. The predicted octanol–water partition coefficient (Wildman–Crippen LogP) is 7.97. The minimum absolute atomic E-state index is 0.230. The first kappa shape index (κ1) is 26.0. The van der Waals surface area contributed by atoms with Crippen LogP contribution in [0.4, 0.5) is 0 Å². The molecule has 5 aromatic rings. The van der Waals surface area contributed by atoms with Crippen LogP contribution in [0.15, 0.2) is 91.0 Å². The van der Waals surface area contributed by atoms with Gasteiger partial charge in [0.05, 0.1) is 0 Å². The van der Waals surface area contributed by atoms with Crippen LogP contribution in [0.25, 0.3) is 32.3 Å². The molecule has 5 heteroatoms. The van der Waals surface area contributed by atoms with Crippen LogP contribution in [0.5, 0.6) is 0 Å². The molecular weight excluding hydrogens is 519 g/mol. The third kappa shape index (κ3) is 7.70. The molecule has 31 heavy (non-hydrogen) atoms. The molecule has 0 amide bonds. The summed E-state index contributed by atoms with van der Waals surface area (Å²) in [4.78, 5) is 0. The van der Waals surface area contributed by atoms with E-state index in [0.717, 1.165) is 15.9 Å². The number of rotatable bonds is 2. The molecule has 0 unspecified atom stereocenters. The quantitative estimate of drug-likeness (QED) is 0.177. The zero-order chi connectivity index (χ0) is 22.5. The molecular formula is C26H26Cl2OSiZr. The Balaban J connectivity index is 0.000000177. The molecule has 158 valence electrons. The molecule has 0 saturated carbocycles. The van der Waals surface area contributed by atoms with Crippen LogP contribution in [0.2, 0.25) is 13.1 Å². The minimum atomic E-state index is -0.826. The van der Waals surface area contributed by atoms with E-state index in [1.807, 2.05) is 12.1 Å². The molecule has 0 spiro atoms. The standard InChI is InChI=1S/C13H9.C11H11O.C2H6Si.2ClH.Zr/c1-3-7-12-10(5-1)9-11-6-2-4-8-13(11)12;12-8-7-10-6-5-9-3-1-2-4-11(9)10;1-3-2;;;/h1-9H;1-6,12H,7-8H2;1-2H3;2*1H;/q2*-1;;;;+4/p-2. The summed E-state index contributed by atoms with van der Waals surface area (Å²) in [6.45, 7) is 4.54. The summed E-state index contributed by atoms with van der Waals surface area (Å²) in [5.41, 5.74) is 1.24. The Morgan fingerprint density at radius 1 is 0.774 bits per heavy atom. The Morgan fingerprint density at radius 2 is 1.19 bits per heavy atom. The monoisotopic (exact) mass is 542 g/mol. The maximum absolute atomic E-state index is 8.80. The van der Waals surface area contributed by atoms with Gasteiger partial charge in [0.15, 0.2) is 0 Å². The summed E-state index contributed by atoms with van der Waals surface area (Å²) in [5.74, 6) is 0. The van der Waals surface area contributed by atoms with Crippen molar-refractivity contribution in [2.24, 2.45) is 0 Å².